The summed E-state index contributed by atoms with van der Waals surface area (Å²) in [5.74, 6) is -1.09. The summed E-state index contributed by atoms with van der Waals surface area (Å²) >= 11 is 0. The van der Waals surface area contributed by atoms with E-state index in [1.165, 1.54) is 54.4 Å². The molecule has 188 valence electrons. The van der Waals surface area contributed by atoms with Crippen LogP contribution in [0.3, 0.4) is 0 Å². The third-order valence-corrected chi connectivity index (χ3v) is 6.74. The normalized spacial score (nSPS) is 14.4. The van der Waals surface area contributed by atoms with Gasteiger partial charge in [0.15, 0.2) is 10.7 Å². The van der Waals surface area contributed by atoms with Crippen LogP contribution in [-0.2, 0) is 38.3 Å². The highest BCUT2D eigenvalue weighted by Crippen LogP contribution is 2.36. The molecule has 2 unspecified atom stereocenters. The van der Waals surface area contributed by atoms with Crippen molar-refractivity contribution in [3.63, 3.8) is 0 Å². The molecule has 2 atom stereocenters. The van der Waals surface area contributed by atoms with Crippen molar-refractivity contribution in [2.24, 2.45) is 0 Å². The van der Waals surface area contributed by atoms with Gasteiger partial charge < -0.3 is 4.74 Å². The number of benzene rings is 2. The van der Waals surface area contributed by atoms with E-state index in [1.54, 1.807) is 19.1 Å². The van der Waals surface area contributed by atoms with Crippen molar-refractivity contribution >= 4 is 22.4 Å². The van der Waals surface area contributed by atoms with Crippen LogP contribution in [0.2, 0.25) is 0 Å². The van der Waals surface area contributed by atoms with Gasteiger partial charge in [-0.2, -0.15) is 18.3 Å². The molecule has 0 amide bonds. The maximum Gasteiger partial charge on any atom is 0.416 e. The molecule has 0 fully saturated rings. The number of hydrogen-bond acceptors (Lipinski definition) is 5. The standard InChI is InChI=1S/C25H21F4N3O3S/c1-24(23(33)35-2,14-15-5-4-6-18(26)13-15)19-11-12-30-21-20(22(36(3)34)31-32(19)21)16-7-9-17(10-8-16)25(27,28)29/h4-13H,14H2,1-3H3. The molecule has 0 saturated heterocycles. The van der Waals surface area contributed by atoms with E-state index in [-0.39, 0.29) is 22.7 Å². The zero-order valence-electron chi connectivity index (χ0n) is 19.5. The molecule has 2 aromatic carbocycles. The lowest BCUT2D eigenvalue weighted by atomic mass is 9.80. The van der Waals surface area contributed by atoms with Crippen molar-refractivity contribution in [1.82, 2.24) is 14.6 Å². The van der Waals surface area contributed by atoms with Crippen molar-refractivity contribution in [2.45, 2.75) is 30.0 Å². The second-order valence-corrected chi connectivity index (χ2v) is 9.70. The molecule has 0 aliphatic carbocycles. The molecule has 4 aromatic rings. The third kappa shape index (κ3) is 4.62. The molecule has 4 rings (SSSR count). The predicted octanol–water partition coefficient (Wildman–Crippen LogP) is 4.97. The van der Waals surface area contributed by atoms with Crippen LogP contribution in [0.15, 0.2) is 65.8 Å². The van der Waals surface area contributed by atoms with E-state index in [4.69, 9.17) is 4.74 Å². The summed E-state index contributed by atoms with van der Waals surface area (Å²) in [4.78, 5) is 17.4. The lowest BCUT2D eigenvalue weighted by Gasteiger charge is -2.27. The number of hydrogen-bond donors (Lipinski definition) is 0. The topological polar surface area (TPSA) is 73.6 Å². The van der Waals surface area contributed by atoms with Crippen LogP contribution >= 0.6 is 0 Å². The van der Waals surface area contributed by atoms with Crippen molar-refractivity contribution in [2.75, 3.05) is 13.4 Å². The van der Waals surface area contributed by atoms with Crippen LogP contribution in [0.25, 0.3) is 16.8 Å². The summed E-state index contributed by atoms with van der Waals surface area (Å²) in [5.41, 5.74) is -0.520. The van der Waals surface area contributed by atoms with Gasteiger partial charge in [-0.15, -0.1) is 0 Å². The number of rotatable bonds is 6. The van der Waals surface area contributed by atoms with Gasteiger partial charge in [-0.1, -0.05) is 24.3 Å². The van der Waals surface area contributed by atoms with Crippen LogP contribution in [-0.4, -0.2) is 38.1 Å². The molecule has 2 heterocycles. The number of nitrogens with zero attached hydrogens (tertiary/aromatic N) is 3. The maximum atomic E-state index is 13.9. The van der Waals surface area contributed by atoms with Gasteiger partial charge in [0.1, 0.15) is 11.2 Å². The minimum Gasteiger partial charge on any atom is -0.468 e. The molecule has 11 heteroatoms. The van der Waals surface area contributed by atoms with E-state index < -0.39 is 39.7 Å². The van der Waals surface area contributed by atoms with Gasteiger partial charge in [0.2, 0.25) is 0 Å². The minimum atomic E-state index is -4.51. The lowest BCUT2D eigenvalue weighted by molar-refractivity contribution is -0.147. The number of aromatic nitrogens is 3. The van der Waals surface area contributed by atoms with Gasteiger partial charge in [0.05, 0.1) is 34.7 Å². The fourth-order valence-corrected chi connectivity index (χ4v) is 4.86. The summed E-state index contributed by atoms with van der Waals surface area (Å²) in [6, 6.07) is 11.7. The SMILES string of the molecule is COC(=O)C(C)(Cc1cccc(F)c1)c1ccnc2c(-c3ccc(C(F)(F)F)cc3)c(S(C)=O)nn12. The summed E-state index contributed by atoms with van der Waals surface area (Å²) in [6.45, 7) is 1.61. The van der Waals surface area contributed by atoms with Crippen molar-refractivity contribution < 1.29 is 31.3 Å². The molecule has 0 N–H and O–H groups in total. The van der Waals surface area contributed by atoms with Gasteiger partial charge in [-0.05, 0) is 54.8 Å². The Kier molecular flexibility index (Phi) is 6.70. The Morgan fingerprint density at radius 2 is 1.81 bits per heavy atom. The zero-order chi connectivity index (χ0) is 26.3. The first kappa shape index (κ1) is 25.5. The predicted molar refractivity (Wildman–Crippen MR) is 125 cm³/mol. The van der Waals surface area contributed by atoms with Gasteiger partial charge in [-0.3, -0.25) is 9.00 Å². The average molecular weight is 520 g/mol. The quantitative estimate of drug-likeness (QED) is 0.266. The highest BCUT2D eigenvalue weighted by atomic mass is 32.2. The number of carbonyl (C=O) groups excluding carboxylic acids is 1. The number of esters is 1. The Balaban J connectivity index is 1.94. The Hall–Kier alpha value is -3.60. The summed E-state index contributed by atoms with van der Waals surface area (Å²) < 4.78 is 72.1. The van der Waals surface area contributed by atoms with Gasteiger partial charge in [0.25, 0.3) is 0 Å². The number of carbonyl (C=O) groups is 1. The van der Waals surface area contributed by atoms with Crippen LogP contribution in [0.1, 0.15) is 23.7 Å². The fraction of sp³-hybridized carbons (Fsp3) is 0.240. The first-order valence-corrected chi connectivity index (χ1v) is 12.2. The molecular formula is C25H21F4N3O3S. The van der Waals surface area contributed by atoms with Crippen LogP contribution < -0.4 is 0 Å². The number of ether oxygens (including phenoxy) is 1. The van der Waals surface area contributed by atoms with Crippen molar-refractivity contribution in [3.8, 4) is 11.1 Å². The third-order valence-electron chi connectivity index (χ3n) is 5.91. The molecule has 0 bridgehead atoms. The largest absolute Gasteiger partial charge is 0.468 e. The van der Waals surface area contributed by atoms with Crippen LogP contribution in [0, 0.1) is 5.82 Å². The van der Waals surface area contributed by atoms with E-state index in [0.29, 0.717) is 16.8 Å². The highest BCUT2D eigenvalue weighted by Gasteiger charge is 2.40. The van der Waals surface area contributed by atoms with Gasteiger partial charge >= 0.3 is 12.1 Å². The average Bonchev–Trinajstić information content (AvgIpc) is 3.23. The van der Waals surface area contributed by atoms with Crippen molar-refractivity contribution in [3.05, 3.63) is 83.4 Å². The molecule has 6 nitrogen and oxygen atoms in total. The molecule has 36 heavy (non-hydrogen) atoms. The van der Waals surface area contributed by atoms with Gasteiger partial charge in [0, 0.05) is 12.5 Å². The number of fused-ring (bicyclic) bond motifs is 1. The summed E-state index contributed by atoms with van der Waals surface area (Å²) in [5, 5.41) is 4.54. The number of alkyl halides is 3. The fourth-order valence-electron chi connectivity index (χ4n) is 4.17. The Bertz CT molecular complexity index is 1470. The van der Waals surface area contributed by atoms with Crippen LogP contribution in [0.4, 0.5) is 17.6 Å². The second-order valence-electron chi connectivity index (χ2n) is 8.41. The summed E-state index contributed by atoms with van der Waals surface area (Å²) in [6.07, 6.45) is -1.65. The monoisotopic (exact) mass is 519 g/mol. The second kappa shape index (κ2) is 9.45. The highest BCUT2D eigenvalue weighted by molar-refractivity contribution is 7.84. The summed E-state index contributed by atoms with van der Waals surface area (Å²) in [7, 11) is -0.415. The van der Waals surface area contributed by atoms with Gasteiger partial charge in [-0.25, -0.2) is 13.9 Å². The van der Waals surface area contributed by atoms with Crippen molar-refractivity contribution in [1.29, 1.82) is 0 Å². The van der Waals surface area contributed by atoms with E-state index in [9.17, 15) is 26.6 Å². The maximum absolute atomic E-state index is 13.9. The Labute approximate surface area is 206 Å². The van der Waals surface area contributed by atoms with Crippen LogP contribution in [0.5, 0.6) is 0 Å². The number of halogens is 4. The molecule has 0 aliphatic rings. The zero-order valence-corrected chi connectivity index (χ0v) is 20.3. The molecule has 0 radical (unpaired) electrons. The van der Waals surface area contributed by atoms with E-state index >= 15 is 0 Å². The van der Waals surface area contributed by atoms with E-state index in [1.807, 2.05) is 0 Å². The Morgan fingerprint density at radius 3 is 2.39 bits per heavy atom. The first-order chi connectivity index (χ1) is 17.0. The molecule has 0 saturated carbocycles. The first-order valence-electron chi connectivity index (χ1n) is 10.7. The smallest absolute Gasteiger partial charge is 0.416 e. The number of methoxy groups -OCH3 is 1. The minimum absolute atomic E-state index is 0.0522. The Morgan fingerprint density at radius 1 is 1.11 bits per heavy atom. The molecule has 0 spiro atoms. The molecular weight excluding hydrogens is 498 g/mol. The van der Waals surface area contributed by atoms with E-state index in [0.717, 1.165) is 12.1 Å². The van der Waals surface area contributed by atoms with E-state index in [2.05, 4.69) is 10.1 Å². The lowest BCUT2D eigenvalue weighted by Crippen LogP contribution is -2.38. The molecule has 2 aromatic heterocycles. The molecule has 0 aliphatic heterocycles.